The lowest BCUT2D eigenvalue weighted by molar-refractivity contribution is 0.102. The third kappa shape index (κ3) is 3.84. The van der Waals surface area contributed by atoms with Crippen molar-refractivity contribution >= 4 is 17.3 Å². The average Bonchev–Trinajstić information content (AvgIpc) is 3.34. The number of hydrogen-bond acceptors (Lipinski definition) is 4. The van der Waals surface area contributed by atoms with E-state index in [-0.39, 0.29) is 11.3 Å². The van der Waals surface area contributed by atoms with Crippen molar-refractivity contribution in [2.75, 3.05) is 44.0 Å². The van der Waals surface area contributed by atoms with Crippen molar-refractivity contribution in [3.05, 3.63) is 89.5 Å². The Morgan fingerprint density at radius 2 is 1.81 bits per heavy atom. The zero-order valence-electron chi connectivity index (χ0n) is 18.7. The van der Waals surface area contributed by atoms with Crippen LogP contribution in [0, 0.1) is 0 Å². The van der Waals surface area contributed by atoms with E-state index in [0.717, 1.165) is 44.0 Å². The molecule has 5 rings (SSSR count). The van der Waals surface area contributed by atoms with Crippen LogP contribution >= 0.6 is 0 Å². The summed E-state index contributed by atoms with van der Waals surface area (Å²) in [4.78, 5) is 17.9. The number of rotatable bonds is 5. The number of hydrogen-bond donors (Lipinski definition) is 1. The smallest absolute Gasteiger partial charge is 0.255 e. The summed E-state index contributed by atoms with van der Waals surface area (Å²) in [6.45, 7) is 3.98. The van der Waals surface area contributed by atoms with Crippen LogP contribution in [-0.4, -0.2) is 44.6 Å². The number of likely N-dealkylation sites (N-methyl/N-ethyl adjacent to an activating group) is 1. The highest BCUT2D eigenvalue weighted by Crippen LogP contribution is 2.47. The Kier molecular flexibility index (Phi) is 5.35. The number of nitrogens with zero attached hydrogens (tertiary/aromatic N) is 2. The molecule has 0 aromatic heterocycles. The van der Waals surface area contributed by atoms with Gasteiger partial charge < -0.3 is 19.9 Å². The molecule has 2 aliphatic rings. The fourth-order valence-electron chi connectivity index (χ4n) is 5.16. The normalized spacial score (nSPS) is 19.9. The van der Waals surface area contributed by atoms with Crippen molar-refractivity contribution in [1.82, 2.24) is 4.90 Å². The van der Waals surface area contributed by atoms with Gasteiger partial charge in [-0.05, 0) is 73.6 Å². The molecule has 0 saturated carbocycles. The summed E-state index contributed by atoms with van der Waals surface area (Å²) in [6.07, 6.45) is 1.12. The number of likely N-dealkylation sites (tertiary alicyclic amines) is 1. The number of benzene rings is 3. The zero-order valence-corrected chi connectivity index (χ0v) is 18.7. The molecule has 5 nitrogen and oxygen atoms in total. The monoisotopic (exact) mass is 427 g/mol. The third-order valence-corrected chi connectivity index (χ3v) is 6.77. The first-order valence-corrected chi connectivity index (χ1v) is 11.1. The zero-order chi connectivity index (χ0) is 22.1. The van der Waals surface area contributed by atoms with Gasteiger partial charge in [0.15, 0.2) is 0 Å². The van der Waals surface area contributed by atoms with E-state index in [1.165, 1.54) is 16.8 Å². The van der Waals surface area contributed by atoms with E-state index in [4.69, 9.17) is 4.74 Å². The molecular weight excluding hydrogens is 398 g/mol. The first-order chi connectivity index (χ1) is 15.6. The fourth-order valence-corrected chi connectivity index (χ4v) is 5.16. The first-order valence-electron chi connectivity index (χ1n) is 11.1. The van der Waals surface area contributed by atoms with Gasteiger partial charge in [0.1, 0.15) is 5.75 Å². The summed E-state index contributed by atoms with van der Waals surface area (Å²) < 4.78 is 5.20. The summed E-state index contributed by atoms with van der Waals surface area (Å²) in [5.74, 6) is 0.687. The predicted octanol–water partition coefficient (Wildman–Crippen LogP) is 4.54. The fraction of sp³-hybridized carbons (Fsp3) is 0.296. The van der Waals surface area contributed by atoms with E-state index in [2.05, 4.69) is 64.6 Å². The molecule has 0 radical (unpaired) electrons. The number of amides is 1. The molecule has 1 atom stereocenters. The SMILES string of the molecule is COc1ccc(NC(=O)c2ccc3c(c2)C2(CCN(C)C2)CN3Cc2ccccc2)cc1. The summed E-state index contributed by atoms with van der Waals surface area (Å²) in [5.41, 5.74) is 5.41. The molecular formula is C27H29N3O2. The van der Waals surface area contributed by atoms with Gasteiger partial charge >= 0.3 is 0 Å². The van der Waals surface area contributed by atoms with Gasteiger partial charge in [0.2, 0.25) is 0 Å². The Bertz CT molecular complexity index is 1110. The number of fused-ring (bicyclic) bond motifs is 2. The molecule has 1 unspecified atom stereocenters. The first kappa shape index (κ1) is 20.6. The molecule has 3 aromatic rings. The van der Waals surface area contributed by atoms with Crippen LogP contribution in [0.1, 0.15) is 27.9 Å². The number of ether oxygens (including phenoxy) is 1. The minimum atomic E-state index is -0.0824. The number of carbonyl (C=O) groups excluding carboxylic acids is 1. The number of methoxy groups -OCH3 is 1. The topological polar surface area (TPSA) is 44.8 Å². The Morgan fingerprint density at radius 3 is 2.50 bits per heavy atom. The van der Waals surface area contributed by atoms with Gasteiger partial charge in [-0.15, -0.1) is 0 Å². The maximum atomic E-state index is 13.0. The minimum absolute atomic E-state index is 0.0786. The summed E-state index contributed by atoms with van der Waals surface area (Å²) in [7, 11) is 3.82. The van der Waals surface area contributed by atoms with E-state index < -0.39 is 0 Å². The quantitative estimate of drug-likeness (QED) is 0.649. The molecule has 1 saturated heterocycles. The van der Waals surface area contributed by atoms with Crippen LogP contribution in [0.25, 0.3) is 0 Å². The van der Waals surface area contributed by atoms with Crippen molar-refractivity contribution in [2.24, 2.45) is 0 Å². The summed E-state index contributed by atoms with van der Waals surface area (Å²) in [6, 6.07) is 24.2. The van der Waals surface area contributed by atoms with Crippen LogP contribution in [0.3, 0.4) is 0 Å². The molecule has 164 valence electrons. The summed E-state index contributed by atoms with van der Waals surface area (Å²) >= 11 is 0. The van der Waals surface area contributed by atoms with E-state index in [9.17, 15) is 4.79 Å². The van der Waals surface area contributed by atoms with Crippen LogP contribution in [0.15, 0.2) is 72.8 Å². The second-order valence-corrected chi connectivity index (χ2v) is 9.02. The van der Waals surface area contributed by atoms with Gasteiger partial charge in [-0.1, -0.05) is 30.3 Å². The predicted molar refractivity (Wildman–Crippen MR) is 129 cm³/mol. The van der Waals surface area contributed by atoms with Gasteiger partial charge in [0.25, 0.3) is 5.91 Å². The molecule has 5 heteroatoms. The van der Waals surface area contributed by atoms with Crippen molar-refractivity contribution in [2.45, 2.75) is 18.4 Å². The Morgan fingerprint density at radius 1 is 1.03 bits per heavy atom. The van der Waals surface area contributed by atoms with Crippen molar-refractivity contribution < 1.29 is 9.53 Å². The molecule has 1 N–H and O–H groups in total. The van der Waals surface area contributed by atoms with Gasteiger partial charge in [-0.25, -0.2) is 0 Å². The van der Waals surface area contributed by atoms with Crippen LogP contribution in [0.4, 0.5) is 11.4 Å². The molecule has 0 bridgehead atoms. The van der Waals surface area contributed by atoms with Crippen molar-refractivity contribution in [3.63, 3.8) is 0 Å². The van der Waals surface area contributed by atoms with Crippen molar-refractivity contribution in [3.8, 4) is 5.75 Å². The van der Waals surface area contributed by atoms with Crippen LogP contribution in [0.2, 0.25) is 0 Å². The van der Waals surface area contributed by atoms with E-state index >= 15 is 0 Å². The molecule has 1 fully saturated rings. The minimum Gasteiger partial charge on any atom is -0.497 e. The number of anilines is 2. The highest BCUT2D eigenvalue weighted by atomic mass is 16.5. The lowest BCUT2D eigenvalue weighted by Gasteiger charge is -2.26. The van der Waals surface area contributed by atoms with Crippen LogP contribution in [0.5, 0.6) is 5.75 Å². The Balaban J connectivity index is 1.43. The third-order valence-electron chi connectivity index (χ3n) is 6.77. The molecule has 1 amide bonds. The Hall–Kier alpha value is -3.31. The van der Waals surface area contributed by atoms with Gasteiger partial charge in [0, 0.05) is 42.0 Å². The molecule has 32 heavy (non-hydrogen) atoms. The maximum absolute atomic E-state index is 13.0. The van der Waals surface area contributed by atoms with E-state index in [1.54, 1.807) is 7.11 Å². The molecule has 3 aromatic carbocycles. The maximum Gasteiger partial charge on any atom is 0.255 e. The lowest BCUT2D eigenvalue weighted by Crippen LogP contribution is -2.35. The van der Waals surface area contributed by atoms with Crippen molar-refractivity contribution in [1.29, 1.82) is 0 Å². The largest absolute Gasteiger partial charge is 0.497 e. The number of carbonyl (C=O) groups is 1. The molecule has 1 spiro atoms. The van der Waals surface area contributed by atoms with Crippen LogP contribution in [-0.2, 0) is 12.0 Å². The van der Waals surface area contributed by atoms with Gasteiger partial charge in [-0.2, -0.15) is 0 Å². The van der Waals surface area contributed by atoms with Gasteiger partial charge in [0.05, 0.1) is 7.11 Å². The highest BCUT2D eigenvalue weighted by Gasteiger charge is 2.46. The second-order valence-electron chi connectivity index (χ2n) is 9.02. The van der Waals surface area contributed by atoms with E-state index in [1.807, 2.05) is 30.3 Å². The average molecular weight is 428 g/mol. The molecule has 2 heterocycles. The molecule has 2 aliphatic heterocycles. The lowest BCUT2D eigenvalue weighted by atomic mass is 9.81. The standard InChI is InChI=1S/C27H29N3O2/c1-29-15-14-27(18-29)19-30(17-20-6-4-3-5-7-20)25-13-8-21(16-24(25)27)26(31)28-22-9-11-23(32-2)12-10-22/h3-13,16H,14-15,17-19H2,1-2H3,(H,28,31). The van der Waals surface area contributed by atoms with Gasteiger partial charge in [-0.3, -0.25) is 4.79 Å². The van der Waals surface area contributed by atoms with E-state index in [0.29, 0.717) is 5.56 Å². The number of nitrogens with one attached hydrogen (secondary N) is 1. The Labute approximate surface area is 189 Å². The molecule has 0 aliphatic carbocycles. The van der Waals surface area contributed by atoms with Crippen LogP contribution < -0.4 is 15.0 Å². The highest BCUT2D eigenvalue weighted by molar-refractivity contribution is 6.04. The second kappa shape index (κ2) is 8.32. The summed E-state index contributed by atoms with van der Waals surface area (Å²) in [5, 5.41) is 3.02.